The highest BCUT2D eigenvalue weighted by molar-refractivity contribution is 5.96. The molecule has 0 aliphatic heterocycles. The van der Waals surface area contributed by atoms with Gasteiger partial charge in [-0.15, -0.1) is 0 Å². The maximum Gasteiger partial charge on any atom is 0.330 e. The smallest absolute Gasteiger partial charge is 0.330 e. The summed E-state index contributed by atoms with van der Waals surface area (Å²) in [5.41, 5.74) is 5.48. The maximum atomic E-state index is 13.0. The lowest BCUT2D eigenvalue weighted by molar-refractivity contribution is -0.384. The molecule has 32 heavy (non-hydrogen) atoms. The Morgan fingerprint density at radius 3 is 2.41 bits per heavy atom. The topological polar surface area (TPSA) is 148 Å². The van der Waals surface area contributed by atoms with Crippen molar-refractivity contribution in [3.05, 3.63) is 55.2 Å². The second-order valence-electron chi connectivity index (χ2n) is 8.00. The number of nitrogens with two attached hydrogens (primary N) is 1. The van der Waals surface area contributed by atoms with Gasteiger partial charge in [0, 0.05) is 38.0 Å². The number of carbonyl (C=O) groups is 1. The zero-order valence-corrected chi connectivity index (χ0v) is 18.8. The molecule has 0 bridgehead atoms. The van der Waals surface area contributed by atoms with Crippen molar-refractivity contribution in [2.75, 3.05) is 35.7 Å². The second-order valence-corrected chi connectivity index (χ2v) is 8.00. The van der Waals surface area contributed by atoms with Crippen molar-refractivity contribution in [3.8, 4) is 0 Å². The first-order chi connectivity index (χ1) is 15.1. The summed E-state index contributed by atoms with van der Waals surface area (Å²) in [7, 11) is 1.55. The number of benzene rings is 1. The summed E-state index contributed by atoms with van der Waals surface area (Å²) in [6.45, 7) is 6.40. The van der Waals surface area contributed by atoms with E-state index in [1.54, 1.807) is 11.9 Å². The first-order valence-electron chi connectivity index (χ1n) is 10.4. The fourth-order valence-electron chi connectivity index (χ4n) is 3.26. The summed E-state index contributed by atoms with van der Waals surface area (Å²) < 4.78 is 1.31. The number of aromatic amines is 1. The van der Waals surface area contributed by atoms with E-state index in [0.717, 1.165) is 6.42 Å². The van der Waals surface area contributed by atoms with E-state index in [0.29, 0.717) is 25.2 Å². The minimum Gasteiger partial charge on any atom is -0.383 e. The molecule has 11 nitrogen and oxygen atoms in total. The predicted molar refractivity (Wildman–Crippen MR) is 124 cm³/mol. The summed E-state index contributed by atoms with van der Waals surface area (Å²) in [5, 5.41) is 10.9. The Morgan fingerprint density at radius 2 is 1.88 bits per heavy atom. The van der Waals surface area contributed by atoms with Gasteiger partial charge in [0.1, 0.15) is 11.5 Å². The molecule has 1 heterocycles. The third kappa shape index (κ3) is 5.74. The Morgan fingerprint density at radius 1 is 1.25 bits per heavy atom. The number of nitro benzene ring substituents is 1. The molecule has 0 unspecified atom stereocenters. The van der Waals surface area contributed by atoms with Crippen molar-refractivity contribution in [1.82, 2.24) is 9.55 Å². The number of likely N-dealkylation sites (N-methyl/N-ethyl adjacent to an activating group) is 1. The summed E-state index contributed by atoms with van der Waals surface area (Å²) in [6, 6.07) is 5.60. The van der Waals surface area contributed by atoms with Crippen LogP contribution in [0.2, 0.25) is 0 Å². The molecule has 0 fully saturated rings. The molecule has 0 radical (unpaired) electrons. The van der Waals surface area contributed by atoms with Crippen LogP contribution in [-0.2, 0) is 11.3 Å². The van der Waals surface area contributed by atoms with E-state index < -0.39 is 16.2 Å². The van der Waals surface area contributed by atoms with Crippen LogP contribution in [0.5, 0.6) is 0 Å². The quantitative estimate of drug-likeness (QED) is 0.419. The van der Waals surface area contributed by atoms with Crippen LogP contribution in [0.25, 0.3) is 0 Å². The van der Waals surface area contributed by atoms with Gasteiger partial charge in [-0.3, -0.25) is 29.3 Å². The van der Waals surface area contributed by atoms with Crippen LogP contribution in [0.3, 0.4) is 0 Å². The lowest BCUT2D eigenvalue weighted by Crippen LogP contribution is -2.44. The summed E-state index contributed by atoms with van der Waals surface area (Å²) in [6.07, 6.45) is 1.53. The van der Waals surface area contributed by atoms with Gasteiger partial charge in [0.05, 0.1) is 11.5 Å². The average Bonchev–Trinajstić information content (AvgIpc) is 2.73. The predicted octanol–water partition coefficient (Wildman–Crippen LogP) is 1.95. The van der Waals surface area contributed by atoms with E-state index >= 15 is 0 Å². The molecule has 0 saturated carbocycles. The van der Waals surface area contributed by atoms with Crippen molar-refractivity contribution in [3.63, 3.8) is 0 Å². The van der Waals surface area contributed by atoms with Crippen LogP contribution >= 0.6 is 0 Å². The molecule has 2 rings (SSSR count). The van der Waals surface area contributed by atoms with Gasteiger partial charge in [-0.05, 0) is 24.5 Å². The molecule has 0 aliphatic rings. The molecular formula is C21H30N6O5. The number of nitro groups is 1. The maximum absolute atomic E-state index is 13.0. The number of amides is 1. The molecule has 2 aromatic rings. The molecule has 0 saturated heterocycles. The number of hydrogen-bond donors (Lipinski definition) is 2. The third-order valence-electron chi connectivity index (χ3n) is 5.01. The van der Waals surface area contributed by atoms with E-state index in [9.17, 15) is 24.5 Å². The van der Waals surface area contributed by atoms with Crippen molar-refractivity contribution in [2.45, 2.75) is 40.2 Å². The van der Waals surface area contributed by atoms with Crippen molar-refractivity contribution < 1.29 is 9.72 Å². The van der Waals surface area contributed by atoms with Crippen molar-refractivity contribution in [1.29, 1.82) is 0 Å². The Kier molecular flexibility index (Phi) is 8.16. The lowest BCUT2D eigenvalue weighted by Gasteiger charge is -2.28. The van der Waals surface area contributed by atoms with Crippen LogP contribution in [-0.4, -0.2) is 40.5 Å². The highest BCUT2D eigenvalue weighted by Crippen LogP contribution is 2.21. The van der Waals surface area contributed by atoms with Crippen LogP contribution in [0.1, 0.15) is 33.6 Å². The Bertz CT molecular complexity index is 1070. The number of carbonyl (C=O) groups excluding carboxylic acids is 1. The Labute approximate surface area is 185 Å². The molecule has 0 aliphatic carbocycles. The SMILES string of the molecule is CCCCN(CC(=O)N(C)c1ccc([N+](=O)[O-])cc1)c1c(N)n(CC(C)C)c(=O)[nH]c1=O. The summed E-state index contributed by atoms with van der Waals surface area (Å²) >= 11 is 0. The van der Waals surface area contributed by atoms with Gasteiger partial charge in [0.15, 0.2) is 0 Å². The molecule has 1 aromatic heterocycles. The van der Waals surface area contributed by atoms with Gasteiger partial charge in [0.25, 0.3) is 11.2 Å². The number of unbranched alkanes of at least 4 members (excludes halogenated alkanes) is 1. The van der Waals surface area contributed by atoms with E-state index in [2.05, 4.69) is 4.98 Å². The Balaban J connectivity index is 2.38. The van der Waals surface area contributed by atoms with E-state index in [1.807, 2.05) is 20.8 Å². The number of aromatic nitrogens is 2. The number of rotatable bonds is 10. The standard InChI is InChI=1S/C21H30N6O5/c1-5-6-11-25(18-19(22)26(12-14(2)3)21(30)23-20(18)29)13-17(28)24(4)15-7-9-16(10-8-15)27(31)32/h7-10,14H,5-6,11-13,22H2,1-4H3,(H,23,29,30). The Hall–Kier alpha value is -3.63. The van der Waals surface area contributed by atoms with Gasteiger partial charge in [-0.25, -0.2) is 4.79 Å². The zero-order chi connectivity index (χ0) is 24.0. The highest BCUT2D eigenvalue weighted by atomic mass is 16.6. The zero-order valence-electron chi connectivity index (χ0n) is 18.8. The first-order valence-corrected chi connectivity index (χ1v) is 10.4. The lowest BCUT2D eigenvalue weighted by atomic mass is 10.2. The molecule has 3 N–H and O–H groups in total. The number of anilines is 3. The van der Waals surface area contributed by atoms with Crippen LogP contribution in [0.15, 0.2) is 33.9 Å². The van der Waals surface area contributed by atoms with Gasteiger partial charge in [-0.2, -0.15) is 0 Å². The second kappa shape index (κ2) is 10.6. The van der Waals surface area contributed by atoms with E-state index in [-0.39, 0.29) is 35.6 Å². The monoisotopic (exact) mass is 446 g/mol. The average molecular weight is 447 g/mol. The third-order valence-corrected chi connectivity index (χ3v) is 5.01. The summed E-state index contributed by atoms with van der Waals surface area (Å²) in [4.78, 5) is 53.5. The number of nitrogens with zero attached hydrogens (tertiary/aromatic N) is 4. The molecular weight excluding hydrogens is 416 g/mol. The van der Waals surface area contributed by atoms with Crippen molar-refractivity contribution in [2.24, 2.45) is 5.92 Å². The molecule has 0 spiro atoms. The van der Waals surface area contributed by atoms with E-state index in [1.165, 1.54) is 33.7 Å². The molecule has 1 amide bonds. The number of nitrogens with one attached hydrogen (secondary N) is 1. The first kappa shape index (κ1) is 24.6. The highest BCUT2D eigenvalue weighted by Gasteiger charge is 2.23. The van der Waals surface area contributed by atoms with Crippen molar-refractivity contribution >= 4 is 28.8 Å². The minimum atomic E-state index is -0.644. The van der Waals surface area contributed by atoms with Gasteiger partial charge in [-0.1, -0.05) is 27.2 Å². The van der Waals surface area contributed by atoms with Gasteiger partial charge >= 0.3 is 5.69 Å². The number of nitrogen functional groups attached to an aromatic ring is 1. The number of H-pyrrole nitrogens is 1. The minimum absolute atomic E-state index is 0.0225. The van der Waals surface area contributed by atoms with E-state index in [4.69, 9.17) is 5.73 Å². The summed E-state index contributed by atoms with van der Waals surface area (Å²) in [5.74, 6) is -0.197. The number of hydrogen-bond acceptors (Lipinski definition) is 7. The van der Waals surface area contributed by atoms with Crippen LogP contribution in [0, 0.1) is 16.0 Å². The number of non-ortho nitro benzene ring substituents is 1. The normalized spacial score (nSPS) is 10.9. The molecule has 0 atom stereocenters. The van der Waals surface area contributed by atoms with Gasteiger partial charge in [0.2, 0.25) is 5.91 Å². The fraction of sp³-hybridized carbons (Fsp3) is 0.476. The molecule has 11 heteroatoms. The molecule has 174 valence electrons. The van der Waals surface area contributed by atoms with Crippen LogP contribution in [0.4, 0.5) is 22.9 Å². The van der Waals surface area contributed by atoms with Crippen LogP contribution < -0.4 is 26.8 Å². The fourth-order valence-corrected chi connectivity index (χ4v) is 3.26. The molecule has 1 aromatic carbocycles. The van der Waals surface area contributed by atoms with Gasteiger partial charge < -0.3 is 15.5 Å². The largest absolute Gasteiger partial charge is 0.383 e.